The molecule has 2 fully saturated rings. The molecular formula is C13H22N4O4S. The van der Waals surface area contributed by atoms with Crippen LogP contribution >= 0.6 is 0 Å². The number of aromatic nitrogens is 2. The van der Waals surface area contributed by atoms with E-state index in [1.807, 2.05) is 0 Å². The number of rotatable bonds is 3. The second-order valence-electron chi connectivity index (χ2n) is 5.68. The van der Waals surface area contributed by atoms with Gasteiger partial charge in [0.15, 0.2) is 0 Å². The maximum Gasteiger partial charge on any atom is 0.282 e. The molecule has 9 heteroatoms. The van der Waals surface area contributed by atoms with Gasteiger partial charge in [-0.25, -0.2) is 0 Å². The van der Waals surface area contributed by atoms with Gasteiger partial charge in [0.25, 0.3) is 10.2 Å². The molecule has 0 bridgehead atoms. The first-order chi connectivity index (χ1) is 10.6. The Morgan fingerprint density at radius 3 is 2.45 bits per heavy atom. The fraction of sp³-hybridized carbons (Fsp3) is 0.846. The molecule has 124 valence electrons. The van der Waals surface area contributed by atoms with Gasteiger partial charge < -0.3 is 9.15 Å². The molecule has 0 radical (unpaired) electrons. The van der Waals surface area contributed by atoms with Gasteiger partial charge in [0.1, 0.15) is 6.04 Å². The molecule has 0 saturated carbocycles. The molecule has 0 N–H and O–H groups in total. The molecular weight excluding hydrogens is 308 g/mol. The second-order valence-corrected chi connectivity index (χ2v) is 7.56. The fourth-order valence-corrected chi connectivity index (χ4v) is 4.72. The standard InChI is InChI=1S/C13H22N4O4S/c1-11-14-15-13(21-11)12-10-20-9-8-17(12)22(18,19)16-6-4-2-3-5-7-16/h12H,2-10H2,1H3/t12-/m1/s1. The lowest BCUT2D eigenvalue weighted by atomic mass is 10.2. The summed E-state index contributed by atoms with van der Waals surface area (Å²) in [6.45, 7) is 3.79. The minimum absolute atomic E-state index is 0.245. The Hall–Kier alpha value is -1.03. The average molecular weight is 330 g/mol. The number of nitrogens with zero attached hydrogens (tertiary/aromatic N) is 4. The van der Waals surface area contributed by atoms with Gasteiger partial charge in [-0.05, 0) is 12.8 Å². The summed E-state index contributed by atoms with van der Waals surface area (Å²) in [5, 5.41) is 7.77. The highest BCUT2D eigenvalue weighted by molar-refractivity contribution is 7.86. The van der Waals surface area contributed by atoms with Crippen LogP contribution in [0.2, 0.25) is 0 Å². The summed E-state index contributed by atoms with van der Waals surface area (Å²) in [6.07, 6.45) is 3.99. The lowest BCUT2D eigenvalue weighted by molar-refractivity contribution is 0.0193. The summed E-state index contributed by atoms with van der Waals surface area (Å²) < 4.78 is 39.9. The quantitative estimate of drug-likeness (QED) is 0.817. The summed E-state index contributed by atoms with van der Waals surface area (Å²) in [6, 6.07) is -0.539. The van der Waals surface area contributed by atoms with E-state index in [1.54, 1.807) is 11.2 Å². The molecule has 2 aliphatic heterocycles. The summed E-state index contributed by atoms with van der Waals surface area (Å²) in [7, 11) is -3.54. The van der Waals surface area contributed by atoms with Crippen molar-refractivity contribution in [3.63, 3.8) is 0 Å². The molecule has 0 unspecified atom stereocenters. The van der Waals surface area contributed by atoms with Crippen molar-refractivity contribution in [3.05, 3.63) is 11.8 Å². The average Bonchev–Trinajstić information content (AvgIpc) is 2.77. The van der Waals surface area contributed by atoms with E-state index in [2.05, 4.69) is 10.2 Å². The number of aryl methyl sites for hydroxylation is 1. The van der Waals surface area contributed by atoms with Crippen LogP contribution in [0.25, 0.3) is 0 Å². The summed E-state index contributed by atoms with van der Waals surface area (Å²) in [4.78, 5) is 0. The van der Waals surface area contributed by atoms with Crippen molar-refractivity contribution in [2.45, 2.75) is 38.6 Å². The van der Waals surface area contributed by atoms with Gasteiger partial charge in [-0.15, -0.1) is 10.2 Å². The molecule has 0 amide bonds. The smallest absolute Gasteiger partial charge is 0.282 e. The van der Waals surface area contributed by atoms with E-state index in [1.165, 1.54) is 4.31 Å². The minimum atomic E-state index is -3.54. The van der Waals surface area contributed by atoms with E-state index in [9.17, 15) is 8.42 Å². The van der Waals surface area contributed by atoms with E-state index < -0.39 is 16.3 Å². The lowest BCUT2D eigenvalue weighted by Gasteiger charge is -2.35. The van der Waals surface area contributed by atoms with Gasteiger partial charge in [0.2, 0.25) is 11.8 Å². The zero-order valence-corrected chi connectivity index (χ0v) is 13.6. The number of hydrogen-bond acceptors (Lipinski definition) is 6. The lowest BCUT2D eigenvalue weighted by Crippen LogP contribution is -2.50. The van der Waals surface area contributed by atoms with E-state index in [-0.39, 0.29) is 6.61 Å². The predicted octanol–water partition coefficient (Wildman–Crippen LogP) is 0.872. The van der Waals surface area contributed by atoms with Crippen LogP contribution in [0.3, 0.4) is 0 Å². The first-order valence-corrected chi connectivity index (χ1v) is 9.13. The van der Waals surface area contributed by atoms with Crippen molar-refractivity contribution in [2.75, 3.05) is 32.8 Å². The van der Waals surface area contributed by atoms with Gasteiger partial charge >= 0.3 is 0 Å². The van der Waals surface area contributed by atoms with Crippen molar-refractivity contribution in [1.82, 2.24) is 18.8 Å². The zero-order chi connectivity index (χ0) is 15.6. The number of morpholine rings is 1. The molecule has 3 heterocycles. The Kier molecular flexibility index (Phi) is 4.76. The topological polar surface area (TPSA) is 88.8 Å². The molecule has 2 aliphatic rings. The SMILES string of the molecule is Cc1nnc([C@H]2COCCN2S(=O)(=O)N2CCCCCC2)o1. The fourth-order valence-electron chi connectivity index (χ4n) is 2.93. The Balaban J connectivity index is 1.85. The summed E-state index contributed by atoms with van der Waals surface area (Å²) in [5.74, 6) is 0.725. The normalized spacial score (nSPS) is 26.0. The molecule has 22 heavy (non-hydrogen) atoms. The predicted molar refractivity (Wildman–Crippen MR) is 78.3 cm³/mol. The molecule has 1 aromatic heterocycles. The van der Waals surface area contributed by atoms with E-state index in [4.69, 9.17) is 9.15 Å². The monoisotopic (exact) mass is 330 g/mol. The molecule has 0 aromatic carbocycles. The van der Waals surface area contributed by atoms with Gasteiger partial charge in [0.05, 0.1) is 13.2 Å². The maximum atomic E-state index is 13.0. The van der Waals surface area contributed by atoms with Crippen LogP contribution in [0, 0.1) is 6.92 Å². The first-order valence-electron chi connectivity index (χ1n) is 7.74. The third-order valence-corrected chi connectivity index (χ3v) is 6.14. The van der Waals surface area contributed by atoms with Crippen molar-refractivity contribution in [2.24, 2.45) is 0 Å². The molecule has 3 rings (SSSR count). The minimum Gasteiger partial charge on any atom is -0.424 e. The molecule has 1 atom stereocenters. The largest absolute Gasteiger partial charge is 0.424 e. The Bertz CT molecular complexity index is 595. The Morgan fingerprint density at radius 1 is 1.09 bits per heavy atom. The van der Waals surface area contributed by atoms with E-state index >= 15 is 0 Å². The van der Waals surface area contributed by atoms with Crippen LogP contribution in [-0.4, -0.2) is 60.1 Å². The summed E-state index contributed by atoms with van der Waals surface area (Å²) in [5.41, 5.74) is 0. The zero-order valence-electron chi connectivity index (χ0n) is 12.8. The van der Waals surface area contributed by atoms with Crippen LogP contribution in [0.5, 0.6) is 0 Å². The number of hydrogen-bond donors (Lipinski definition) is 0. The maximum absolute atomic E-state index is 13.0. The van der Waals surface area contributed by atoms with E-state index in [0.29, 0.717) is 38.0 Å². The number of ether oxygens (including phenoxy) is 1. The van der Waals surface area contributed by atoms with Crippen molar-refractivity contribution in [1.29, 1.82) is 0 Å². The van der Waals surface area contributed by atoms with Crippen molar-refractivity contribution >= 4 is 10.2 Å². The van der Waals surface area contributed by atoms with Crippen LogP contribution in [0.1, 0.15) is 43.5 Å². The van der Waals surface area contributed by atoms with Crippen molar-refractivity contribution < 1.29 is 17.6 Å². The highest BCUT2D eigenvalue weighted by Crippen LogP contribution is 2.28. The molecule has 0 spiro atoms. The van der Waals surface area contributed by atoms with Crippen molar-refractivity contribution in [3.8, 4) is 0 Å². The van der Waals surface area contributed by atoms with Gasteiger partial charge in [-0.2, -0.15) is 17.0 Å². The summed E-state index contributed by atoms with van der Waals surface area (Å²) >= 11 is 0. The van der Waals surface area contributed by atoms with Gasteiger partial charge in [-0.3, -0.25) is 0 Å². The van der Waals surface area contributed by atoms with Gasteiger partial charge in [0, 0.05) is 26.6 Å². The van der Waals surface area contributed by atoms with E-state index in [0.717, 1.165) is 25.7 Å². The van der Waals surface area contributed by atoms with Crippen LogP contribution in [0.4, 0.5) is 0 Å². The van der Waals surface area contributed by atoms with Gasteiger partial charge in [-0.1, -0.05) is 12.8 Å². The molecule has 0 aliphatic carbocycles. The van der Waals surface area contributed by atoms with Crippen LogP contribution in [-0.2, 0) is 14.9 Å². The molecule has 1 aromatic rings. The first kappa shape index (κ1) is 15.9. The van der Waals surface area contributed by atoms with Crippen LogP contribution in [0.15, 0.2) is 4.42 Å². The molecule has 8 nitrogen and oxygen atoms in total. The highest BCUT2D eigenvalue weighted by atomic mass is 32.2. The van der Waals surface area contributed by atoms with Crippen LogP contribution < -0.4 is 0 Å². The Labute approximate surface area is 130 Å². The third-order valence-electron chi connectivity index (χ3n) is 4.09. The highest BCUT2D eigenvalue weighted by Gasteiger charge is 2.40. The molecule has 2 saturated heterocycles. The Morgan fingerprint density at radius 2 is 1.82 bits per heavy atom. The third kappa shape index (κ3) is 3.17. The second kappa shape index (κ2) is 6.61.